The third-order valence-electron chi connectivity index (χ3n) is 11.0. The Hall–Kier alpha value is -7.01. The van der Waals surface area contributed by atoms with E-state index in [4.69, 9.17) is 9.10 Å². The number of fused-ring (bicyclic) bond motifs is 2. The van der Waals surface area contributed by atoms with Crippen molar-refractivity contribution in [1.29, 1.82) is 0 Å². The van der Waals surface area contributed by atoms with E-state index in [9.17, 15) is 0 Å². The molecule has 0 saturated carbocycles. The molecule has 0 unspecified atom stereocenters. The molecule has 11 rings (SSSR count). The Morgan fingerprint density at radius 1 is 0.556 bits per heavy atom. The second-order valence-electron chi connectivity index (χ2n) is 15.1. The van der Waals surface area contributed by atoms with E-state index in [0.717, 1.165) is 44.8 Å². The molecule has 5 heteroatoms. The first-order valence-corrected chi connectivity index (χ1v) is 21.4. The van der Waals surface area contributed by atoms with E-state index >= 15 is 0 Å². The molecule has 0 aliphatic rings. The van der Waals surface area contributed by atoms with Gasteiger partial charge in [0.1, 0.15) is 0 Å². The van der Waals surface area contributed by atoms with Gasteiger partial charge in [-0.3, -0.25) is 16.3 Å². The average molecular weight is 1010 g/mol. The quantitative estimate of drug-likeness (QED) is 0.149. The molecule has 0 aliphatic carbocycles. The predicted molar refractivity (Wildman–Crippen MR) is 260 cm³/mol. The Kier molecular flexibility index (Phi) is 11.1. The van der Waals surface area contributed by atoms with Crippen LogP contribution in [0.15, 0.2) is 212 Å². The standard InChI is InChI=1S/C46H31N2S.C12H10N.Ir/c1-31-27-38(35-15-7-3-8-16-35)45(39(28-31)36-17-9-4-10-18-36)48-43-20-12-11-19-42(43)47-46(48)41-30-49-44-26-25-37(29-40(41)44)34-23-21-33(22-24-34)32-13-5-2-6-14-32;1-10-7-8-12(13-9-10)11-5-3-2-4-6-11;/h2-29H,1H3;2-5,7-9H,1H3;/q2*-1;/i;1D3;. The smallest absolute Gasteiger partial charge is 0.0774 e. The molecule has 3 nitrogen and oxygen atoms in total. The summed E-state index contributed by atoms with van der Waals surface area (Å²) >= 11 is 1.65. The Balaban J connectivity index is 0.000000273. The number of imidazole rings is 1. The van der Waals surface area contributed by atoms with Crippen molar-refractivity contribution in [2.24, 2.45) is 0 Å². The molecule has 63 heavy (non-hydrogen) atoms. The molecule has 0 amide bonds. The van der Waals surface area contributed by atoms with E-state index in [0.29, 0.717) is 0 Å². The second kappa shape index (κ2) is 18.5. The molecule has 0 spiro atoms. The van der Waals surface area contributed by atoms with Crippen molar-refractivity contribution < 1.29 is 24.2 Å². The summed E-state index contributed by atoms with van der Waals surface area (Å²) in [6.45, 7) is 0.0929. The number of hydrogen-bond donors (Lipinski definition) is 0. The molecule has 1 radical (unpaired) electrons. The summed E-state index contributed by atoms with van der Waals surface area (Å²) in [4.78, 5) is 9.48. The van der Waals surface area contributed by atoms with Crippen molar-refractivity contribution in [2.45, 2.75) is 13.8 Å². The van der Waals surface area contributed by atoms with Gasteiger partial charge in [0.05, 0.1) is 22.5 Å². The largest absolute Gasteiger partial charge is 0.332 e. The van der Waals surface area contributed by atoms with Crippen LogP contribution in [0.4, 0.5) is 0 Å². The number of rotatable bonds is 7. The molecule has 3 heterocycles. The summed E-state index contributed by atoms with van der Waals surface area (Å²) in [7, 11) is 0. The molecular formula is C58H41IrN3S-2. The Morgan fingerprint density at radius 2 is 1.14 bits per heavy atom. The summed E-state index contributed by atoms with van der Waals surface area (Å²) in [5.41, 5.74) is 16.7. The number of benzene rings is 8. The first kappa shape index (κ1) is 37.7. The first-order chi connectivity index (χ1) is 31.8. The van der Waals surface area contributed by atoms with Gasteiger partial charge in [-0.05, 0) is 88.2 Å². The van der Waals surface area contributed by atoms with Crippen LogP contribution in [-0.4, -0.2) is 14.5 Å². The summed E-state index contributed by atoms with van der Waals surface area (Å²) in [6.07, 6.45) is 1.39. The molecule has 0 aliphatic heterocycles. The second-order valence-corrected chi connectivity index (χ2v) is 16.0. The van der Waals surface area contributed by atoms with Crippen LogP contribution in [0.5, 0.6) is 0 Å². The summed E-state index contributed by atoms with van der Waals surface area (Å²) in [6, 6.07) is 74.4. The first-order valence-electron chi connectivity index (χ1n) is 22.1. The summed E-state index contributed by atoms with van der Waals surface area (Å²) < 4.78 is 25.3. The van der Waals surface area contributed by atoms with Crippen molar-refractivity contribution in [3.8, 4) is 72.8 Å². The minimum absolute atomic E-state index is 0. The van der Waals surface area contributed by atoms with E-state index in [-0.39, 0.29) is 25.7 Å². The SMILES string of the molecule is Cc1cc(-c2ccccc2)c(-n2c(-c3[c-]sc4ccc(-c5ccc(-c6ccccc6)cc5)cc34)nc3ccccc32)c(-c2ccccc2)c1.[2H]C([2H])([2H])c1ccc(-c2[c-]cccc2)nc1.[Ir]. The number of thiophene rings is 1. The number of para-hydroxylation sites is 2. The van der Waals surface area contributed by atoms with Crippen molar-refractivity contribution in [2.75, 3.05) is 0 Å². The number of aryl methyl sites for hydroxylation is 2. The van der Waals surface area contributed by atoms with Crippen LogP contribution in [0.2, 0.25) is 0 Å². The van der Waals surface area contributed by atoms with Gasteiger partial charge in [0.2, 0.25) is 0 Å². The van der Waals surface area contributed by atoms with E-state index in [1.165, 1.54) is 61.0 Å². The Morgan fingerprint density at radius 3 is 1.76 bits per heavy atom. The van der Waals surface area contributed by atoms with Crippen molar-refractivity contribution >= 4 is 32.5 Å². The molecule has 0 atom stereocenters. The number of pyridine rings is 1. The molecule has 0 N–H and O–H groups in total. The fraction of sp³-hybridized carbons (Fsp3) is 0.0345. The van der Waals surface area contributed by atoms with Crippen molar-refractivity contribution in [3.05, 3.63) is 235 Å². The zero-order valence-electron chi connectivity index (χ0n) is 37.3. The van der Waals surface area contributed by atoms with Crippen molar-refractivity contribution in [3.63, 3.8) is 0 Å². The number of aromatic nitrogens is 3. The van der Waals surface area contributed by atoms with E-state index in [1.54, 1.807) is 29.5 Å². The van der Waals surface area contributed by atoms with Gasteiger partial charge >= 0.3 is 0 Å². The van der Waals surface area contributed by atoms with Crippen LogP contribution in [0.25, 0.3) is 94.0 Å². The monoisotopic (exact) mass is 1010 g/mol. The maximum absolute atomic E-state index is 7.23. The van der Waals surface area contributed by atoms with Crippen molar-refractivity contribution in [1.82, 2.24) is 14.5 Å². The minimum atomic E-state index is -2.09. The Labute approximate surface area is 390 Å². The Bertz CT molecular complexity index is 3330. The van der Waals surface area contributed by atoms with Crippen LogP contribution in [-0.2, 0) is 20.1 Å². The van der Waals surface area contributed by atoms with Crippen LogP contribution in [0, 0.1) is 25.2 Å². The molecule has 8 aromatic carbocycles. The van der Waals surface area contributed by atoms with Crippen LogP contribution in [0.1, 0.15) is 15.2 Å². The van der Waals surface area contributed by atoms with Gasteiger partial charge in [-0.1, -0.05) is 173 Å². The third kappa shape index (κ3) is 8.60. The van der Waals surface area contributed by atoms with Gasteiger partial charge in [-0.15, -0.1) is 41.3 Å². The van der Waals surface area contributed by atoms with E-state index in [2.05, 4.69) is 198 Å². The summed E-state index contributed by atoms with van der Waals surface area (Å²) in [5, 5.41) is 4.85. The third-order valence-corrected chi connectivity index (χ3v) is 11.9. The molecule has 0 fully saturated rings. The fourth-order valence-corrected chi connectivity index (χ4v) is 8.85. The number of hydrogen-bond acceptors (Lipinski definition) is 3. The van der Waals surface area contributed by atoms with Gasteiger partial charge in [0, 0.05) is 41.5 Å². The van der Waals surface area contributed by atoms with Gasteiger partial charge in [-0.25, -0.2) is 0 Å². The van der Waals surface area contributed by atoms with Crippen LogP contribution in [0.3, 0.4) is 0 Å². The molecular weight excluding hydrogens is 963 g/mol. The maximum Gasteiger partial charge on any atom is 0.0774 e. The van der Waals surface area contributed by atoms with Crippen LogP contribution < -0.4 is 0 Å². The molecule has 305 valence electrons. The number of nitrogens with zero attached hydrogens (tertiary/aromatic N) is 3. The fourth-order valence-electron chi connectivity index (χ4n) is 8.03. The molecule has 0 saturated heterocycles. The van der Waals surface area contributed by atoms with Gasteiger partial charge in [-0.2, -0.15) is 0 Å². The van der Waals surface area contributed by atoms with Gasteiger partial charge < -0.3 is 9.55 Å². The molecule has 0 bridgehead atoms. The van der Waals surface area contributed by atoms with Crippen LogP contribution >= 0.6 is 11.3 Å². The molecule has 11 aromatic rings. The van der Waals surface area contributed by atoms with Gasteiger partial charge in [0.15, 0.2) is 0 Å². The average Bonchev–Trinajstić information content (AvgIpc) is 3.96. The van der Waals surface area contributed by atoms with E-state index in [1.807, 2.05) is 18.2 Å². The zero-order chi connectivity index (χ0) is 44.3. The zero-order valence-corrected chi connectivity index (χ0v) is 37.5. The summed E-state index contributed by atoms with van der Waals surface area (Å²) in [5.74, 6) is 0.891. The molecule has 3 aromatic heterocycles. The van der Waals surface area contributed by atoms with E-state index < -0.39 is 6.85 Å². The topological polar surface area (TPSA) is 30.7 Å². The normalized spacial score (nSPS) is 11.8. The maximum atomic E-state index is 7.23. The van der Waals surface area contributed by atoms with Gasteiger partial charge in [0.25, 0.3) is 0 Å². The predicted octanol–water partition coefficient (Wildman–Crippen LogP) is 15.5. The minimum Gasteiger partial charge on any atom is -0.332 e.